The Bertz CT molecular complexity index is 2320. The summed E-state index contributed by atoms with van der Waals surface area (Å²) in [4.78, 5) is 2.39. The quantitative estimate of drug-likeness (QED) is 0.173. The Hall–Kier alpha value is -6.18. The Morgan fingerprint density at radius 1 is 0.312 bits per heavy atom. The first-order chi connectivity index (χ1) is 23.7. The number of rotatable bonds is 7. The summed E-state index contributed by atoms with van der Waals surface area (Å²) < 4.78 is 0. The molecule has 1 heteroatoms. The SMILES string of the molecule is Cc1ccc(N(c2ccc(-c3ccccc3)cc2)c2ccc(-c3cccc4ccccc34)c(-c3ccccc3)c2)cc1-c1ccccc1. The third kappa shape index (κ3) is 5.68. The predicted octanol–water partition coefficient (Wildman–Crippen LogP) is 13.3. The van der Waals surface area contributed by atoms with Crippen molar-refractivity contribution in [2.24, 2.45) is 0 Å². The zero-order valence-corrected chi connectivity index (χ0v) is 26.9. The van der Waals surface area contributed by atoms with Crippen LogP contribution in [0.2, 0.25) is 0 Å². The third-order valence-electron chi connectivity index (χ3n) is 9.22. The number of fused-ring (bicyclic) bond motifs is 1. The highest BCUT2D eigenvalue weighted by Gasteiger charge is 2.18. The maximum Gasteiger partial charge on any atom is 0.0468 e. The van der Waals surface area contributed by atoms with Crippen molar-refractivity contribution in [3.63, 3.8) is 0 Å². The summed E-state index contributed by atoms with van der Waals surface area (Å²) in [6.45, 7) is 2.19. The van der Waals surface area contributed by atoms with Gasteiger partial charge in [-0.05, 0) is 104 Å². The number of hydrogen-bond donors (Lipinski definition) is 0. The molecule has 0 saturated carbocycles. The largest absolute Gasteiger partial charge is 0.310 e. The lowest BCUT2D eigenvalue weighted by molar-refractivity contribution is 1.28. The van der Waals surface area contributed by atoms with E-state index >= 15 is 0 Å². The summed E-state index contributed by atoms with van der Waals surface area (Å²) >= 11 is 0. The van der Waals surface area contributed by atoms with Crippen molar-refractivity contribution in [1.29, 1.82) is 0 Å². The first-order valence-electron chi connectivity index (χ1n) is 16.5. The Balaban J connectivity index is 1.33. The zero-order valence-electron chi connectivity index (χ0n) is 26.9. The van der Waals surface area contributed by atoms with E-state index in [1.807, 2.05) is 0 Å². The summed E-state index contributed by atoms with van der Waals surface area (Å²) in [5.41, 5.74) is 14.3. The molecule has 1 nitrogen and oxygen atoms in total. The van der Waals surface area contributed by atoms with Crippen LogP contribution in [0.25, 0.3) is 55.3 Å². The van der Waals surface area contributed by atoms with Crippen molar-refractivity contribution in [2.75, 3.05) is 4.90 Å². The fraction of sp³-hybridized carbons (Fsp3) is 0.0213. The highest BCUT2D eigenvalue weighted by atomic mass is 15.1. The van der Waals surface area contributed by atoms with Crippen LogP contribution in [0.5, 0.6) is 0 Å². The molecule has 0 unspecified atom stereocenters. The van der Waals surface area contributed by atoms with Crippen molar-refractivity contribution in [1.82, 2.24) is 0 Å². The molecule has 0 heterocycles. The van der Waals surface area contributed by atoms with Gasteiger partial charge in [0.25, 0.3) is 0 Å². The van der Waals surface area contributed by atoms with E-state index in [1.165, 1.54) is 60.8 Å². The third-order valence-corrected chi connectivity index (χ3v) is 9.22. The number of anilines is 3. The van der Waals surface area contributed by atoms with Crippen LogP contribution in [0.3, 0.4) is 0 Å². The Morgan fingerprint density at radius 3 is 1.50 bits per heavy atom. The van der Waals surface area contributed by atoms with E-state index in [4.69, 9.17) is 0 Å². The fourth-order valence-corrected chi connectivity index (χ4v) is 6.78. The van der Waals surface area contributed by atoms with Crippen molar-refractivity contribution < 1.29 is 0 Å². The predicted molar refractivity (Wildman–Crippen MR) is 205 cm³/mol. The molecular formula is C47H35N. The van der Waals surface area contributed by atoms with Gasteiger partial charge in [-0.1, -0.05) is 158 Å². The van der Waals surface area contributed by atoms with Gasteiger partial charge in [-0.25, -0.2) is 0 Å². The molecule has 0 aromatic heterocycles. The second kappa shape index (κ2) is 12.9. The number of benzene rings is 8. The molecular weight excluding hydrogens is 579 g/mol. The van der Waals surface area contributed by atoms with Crippen molar-refractivity contribution in [3.05, 3.63) is 200 Å². The standard InChI is InChI=1S/C47H35N/c1-34-24-27-41(32-46(34)38-16-7-3-8-17-38)48(40-28-25-36(26-29-40)35-14-5-2-6-15-35)42-30-31-45(47(33-42)39-18-9-4-10-19-39)44-23-13-21-37-20-11-12-22-43(37)44/h2-33H,1H3. The molecule has 0 N–H and O–H groups in total. The number of hydrogen-bond acceptors (Lipinski definition) is 1. The van der Waals surface area contributed by atoms with E-state index in [1.54, 1.807) is 0 Å². The van der Waals surface area contributed by atoms with Gasteiger partial charge in [-0.2, -0.15) is 0 Å². The van der Waals surface area contributed by atoms with Gasteiger partial charge in [0.1, 0.15) is 0 Å². The van der Waals surface area contributed by atoms with E-state index in [0.717, 1.165) is 17.1 Å². The summed E-state index contributed by atoms with van der Waals surface area (Å²) in [6, 6.07) is 70.0. The summed E-state index contributed by atoms with van der Waals surface area (Å²) in [5.74, 6) is 0. The van der Waals surface area contributed by atoms with Crippen LogP contribution in [0.1, 0.15) is 5.56 Å². The second-order valence-corrected chi connectivity index (χ2v) is 12.2. The average molecular weight is 614 g/mol. The monoisotopic (exact) mass is 613 g/mol. The first kappa shape index (κ1) is 29.2. The van der Waals surface area contributed by atoms with Crippen molar-refractivity contribution in [3.8, 4) is 44.5 Å². The highest BCUT2D eigenvalue weighted by molar-refractivity contribution is 6.01. The average Bonchev–Trinajstić information content (AvgIpc) is 3.17. The molecule has 0 aliphatic rings. The smallest absolute Gasteiger partial charge is 0.0468 e. The van der Waals surface area contributed by atoms with Crippen LogP contribution in [0.4, 0.5) is 17.1 Å². The highest BCUT2D eigenvalue weighted by Crippen LogP contribution is 2.43. The Kier molecular flexibility index (Phi) is 7.86. The van der Waals surface area contributed by atoms with Crippen LogP contribution >= 0.6 is 0 Å². The molecule has 0 fully saturated rings. The lowest BCUT2D eigenvalue weighted by Crippen LogP contribution is -2.10. The van der Waals surface area contributed by atoms with E-state index < -0.39 is 0 Å². The normalized spacial score (nSPS) is 11.0. The van der Waals surface area contributed by atoms with Gasteiger partial charge < -0.3 is 4.90 Å². The molecule has 8 rings (SSSR count). The van der Waals surface area contributed by atoms with Crippen LogP contribution in [-0.4, -0.2) is 0 Å². The van der Waals surface area contributed by atoms with Gasteiger partial charge >= 0.3 is 0 Å². The van der Waals surface area contributed by atoms with Gasteiger partial charge in [0.2, 0.25) is 0 Å². The van der Waals surface area contributed by atoms with E-state index in [9.17, 15) is 0 Å². The number of nitrogens with zero attached hydrogens (tertiary/aromatic N) is 1. The summed E-state index contributed by atoms with van der Waals surface area (Å²) in [6.07, 6.45) is 0. The second-order valence-electron chi connectivity index (χ2n) is 12.2. The van der Waals surface area contributed by atoms with Crippen LogP contribution in [0.15, 0.2) is 194 Å². The Labute approximate surface area is 283 Å². The molecule has 0 aliphatic carbocycles. The van der Waals surface area contributed by atoms with Crippen LogP contribution in [0, 0.1) is 6.92 Å². The summed E-state index contributed by atoms with van der Waals surface area (Å²) in [5, 5.41) is 2.50. The molecule has 0 amide bonds. The fourth-order valence-electron chi connectivity index (χ4n) is 6.78. The molecule has 0 aliphatic heterocycles. The van der Waals surface area contributed by atoms with Crippen molar-refractivity contribution >= 4 is 27.8 Å². The minimum absolute atomic E-state index is 1.10. The molecule has 0 saturated heterocycles. The van der Waals surface area contributed by atoms with Gasteiger partial charge in [-0.3, -0.25) is 0 Å². The molecule has 8 aromatic carbocycles. The van der Waals surface area contributed by atoms with Crippen LogP contribution in [-0.2, 0) is 0 Å². The minimum Gasteiger partial charge on any atom is -0.310 e. The molecule has 0 radical (unpaired) electrons. The lowest BCUT2D eigenvalue weighted by atomic mass is 9.90. The first-order valence-corrected chi connectivity index (χ1v) is 16.5. The van der Waals surface area contributed by atoms with E-state index in [0.29, 0.717) is 0 Å². The van der Waals surface area contributed by atoms with E-state index in [2.05, 4.69) is 206 Å². The van der Waals surface area contributed by atoms with Gasteiger partial charge in [0, 0.05) is 17.1 Å². The van der Waals surface area contributed by atoms with Crippen molar-refractivity contribution in [2.45, 2.75) is 6.92 Å². The summed E-state index contributed by atoms with van der Waals surface area (Å²) in [7, 11) is 0. The topological polar surface area (TPSA) is 3.24 Å². The van der Waals surface area contributed by atoms with E-state index in [-0.39, 0.29) is 0 Å². The zero-order chi connectivity index (χ0) is 32.3. The lowest BCUT2D eigenvalue weighted by Gasteiger charge is -2.28. The molecule has 0 atom stereocenters. The molecule has 0 spiro atoms. The molecule has 0 bridgehead atoms. The van der Waals surface area contributed by atoms with Gasteiger partial charge in [-0.15, -0.1) is 0 Å². The molecule has 48 heavy (non-hydrogen) atoms. The van der Waals surface area contributed by atoms with Gasteiger partial charge in [0.05, 0.1) is 0 Å². The maximum atomic E-state index is 2.39. The Morgan fingerprint density at radius 2 is 0.812 bits per heavy atom. The number of aryl methyl sites for hydroxylation is 1. The van der Waals surface area contributed by atoms with Gasteiger partial charge in [0.15, 0.2) is 0 Å². The minimum atomic E-state index is 1.10. The van der Waals surface area contributed by atoms with Crippen LogP contribution < -0.4 is 4.90 Å². The maximum absolute atomic E-state index is 2.39. The molecule has 8 aromatic rings. The molecule has 228 valence electrons.